The second-order valence-electron chi connectivity index (χ2n) is 6.67. The van der Waals surface area contributed by atoms with Gasteiger partial charge in [0.05, 0.1) is 12.5 Å². The van der Waals surface area contributed by atoms with Gasteiger partial charge in [-0.15, -0.1) is 0 Å². The molecule has 0 spiro atoms. The van der Waals surface area contributed by atoms with Gasteiger partial charge in [-0.2, -0.15) is 0 Å². The maximum atomic E-state index is 12.6. The topological polar surface area (TPSA) is 75.6 Å². The summed E-state index contributed by atoms with van der Waals surface area (Å²) in [6.07, 6.45) is 1.09. The number of nitrogens with one attached hydrogen (secondary N) is 1. The summed E-state index contributed by atoms with van der Waals surface area (Å²) in [6, 6.07) is 7.09. The minimum atomic E-state index is -0.880. The first-order valence-corrected chi connectivity index (χ1v) is 7.40. The molecule has 120 valence electrons. The molecule has 0 aliphatic heterocycles. The van der Waals surface area contributed by atoms with E-state index in [1.54, 1.807) is 38.3 Å². The Balaban J connectivity index is 2.14. The average molecular weight is 305 g/mol. The van der Waals surface area contributed by atoms with Crippen molar-refractivity contribution in [1.82, 2.24) is 0 Å². The fraction of sp³-hybridized carbons (Fsp3) is 0.529. The van der Waals surface area contributed by atoms with Gasteiger partial charge in [0, 0.05) is 11.6 Å². The zero-order valence-corrected chi connectivity index (χ0v) is 13.5. The van der Waals surface area contributed by atoms with Crippen LogP contribution < -0.4 is 10.1 Å². The van der Waals surface area contributed by atoms with E-state index in [-0.39, 0.29) is 11.8 Å². The van der Waals surface area contributed by atoms with E-state index in [4.69, 9.17) is 4.74 Å². The lowest BCUT2D eigenvalue weighted by Gasteiger charge is -2.37. The van der Waals surface area contributed by atoms with Crippen LogP contribution in [0, 0.1) is 16.7 Å². The van der Waals surface area contributed by atoms with Crippen molar-refractivity contribution in [2.24, 2.45) is 16.7 Å². The average Bonchev–Trinajstić information content (AvgIpc) is 2.71. The van der Waals surface area contributed by atoms with E-state index in [1.807, 2.05) is 13.8 Å². The van der Waals surface area contributed by atoms with Crippen LogP contribution in [0.5, 0.6) is 5.75 Å². The maximum absolute atomic E-state index is 12.6. The van der Waals surface area contributed by atoms with Gasteiger partial charge in [-0.25, -0.2) is 0 Å². The van der Waals surface area contributed by atoms with E-state index in [0.717, 1.165) is 5.75 Å². The first-order chi connectivity index (χ1) is 10.2. The summed E-state index contributed by atoms with van der Waals surface area (Å²) in [7, 11) is 1.58. The van der Waals surface area contributed by atoms with Gasteiger partial charge in [0.2, 0.25) is 5.91 Å². The van der Waals surface area contributed by atoms with Crippen molar-refractivity contribution in [3.8, 4) is 5.75 Å². The number of carboxylic acid groups (broad SMARTS) is 1. The Kier molecular flexibility index (Phi) is 4.18. The molecule has 2 rings (SSSR count). The van der Waals surface area contributed by atoms with Gasteiger partial charge in [0.1, 0.15) is 5.75 Å². The molecule has 5 heteroatoms. The molecule has 1 fully saturated rings. The zero-order chi connectivity index (χ0) is 16.5. The number of rotatable bonds is 4. The number of carboxylic acids is 1. The highest BCUT2D eigenvalue weighted by Gasteiger charge is 2.58. The second-order valence-corrected chi connectivity index (χ2v) is 6.67. The summed E-state index contributed by atoms with van der Waals surface area (Å²) in [4.78, 5) is 24.2. The highest BCUT2D eigenvalue weighted by Crippen LogP contribution is 2.56. The molecule has 0 saturated heterocycles. The van der Waals surface area contributed by atoms with Crippen LogP contribution in [0.25, 0.3) is 0 Å². The van der Waals surface area contributed by atoms with Crippen LogP contribution in [-0.4, -0.2) is 24.1 Å². The van der Waals surface area contributed by atoms with Crippen molar-refractivity contribution in [2.45, 2.75) is 33.6 Å². The summed E-state index contributed by atoms with van der Waals surface area (Å²) in [6.45, 7) is 5.47. The quantitative estimate of drug-likeness (QED) is 0.896. The molecular formula is C17H23NO4. The van der Waals surface area contributed by atoms with Gasteiger partial charge in [0.15, 0.2) is 0 Å². The molecule has 5 nitrogen and oxygen atoms in total. The van der Waals surface area contributed by atoms with Crippen molar-refractivity contribution in [1.29, 1.82) is 0 Å². The van der Waals surface area contributed by atoms with E-state index in [1.165, 1.54) is 0 Å². The van der Waals surface area contributed by atoms with E-state index in [2.05, 4.69) is 5.32 Å². The third-order valence-electron chi connectivity index (χ3n) is 5.37. The molecule has 2 atom stereocenters. The molecule has 1 amide bonds. The Labute approximate surface area is 130 Å². The largest absolute Gasteiger partial charge is 0.497 e. The molecule has 2 N–H and O–H groups in total. The number of benzene rings is 1. The van der Waals surface area contributed by atoms with Crippen molar-refractivity contribution < 1.29 is 19.4 Å². The highest BCUT2D eigenvalue weighted by atomic mass is 16.5. The summed E-state index contributed by atoms with van der Waals surface area (Å²) >= 11 is 0. The van der Waals surface area contributed by atoms with Crippen LogP contribution in [0.4, 0.5) is 5.69 Å². The monoisotopic (exact) mass is 305 g/mol. The lowest BCUT2D eigenvalue weighted by molar-refractivity contribution is -0.154. The number of methoxy groups -OCH3 is 1. The first kappa shape index (κ1) is 16.3. The molecule has 0 radical (unpaired) electrons. The van der Waals surface area contributed by atoms with Gasteiger partial charge in [0.25, 0.3) is 0 Å². The molecule has 0 aromatic heterocycles. The molecule has 1 aromatic carbocycles. The predicted octanol–water partition coefficient (Wildman–Crippen LogP) is 3.16. The molecule has 1 saturated carbocycles. The fourth-order valence-electron chi connectivity index (χ4n) is 3.25. The standard InChI is InChI=1S/C17H23NO4/c1-16(2)13(9-10-17(16,3)15(20)21)14(19)18-11-5-7-12(22-4)8-6-11/h5-8,13H,9-10H2,1-4H3,(H,18,19)(H,20,21)/t13-,17+/m0/s1. The molecule has 1 aromatic rings. The highest BCUT2D eigenvalue weighted by molar-refractivity contribution is 5.94. The Bertz CT molecular complexity index is 579. The number of aliphatic carboxylic acids is 1. The summed E-state index contributed by atoms with van der Waals surface area (Å²) in [5.41, 5.74) is -0.796. The minimum Gasteiger partial charge on any atom is -0.497 e. The van der Waals surface area contributed by atoms with Gasteiger partial charge >= 0.3 is 5.97 Å². The molecule has 22 heavy (non-hydrogen) atoms. The molecular weight excluding hydrogens is 282 g/mol. The van der Waals surface area contributed by atoms with E-state index in [0.29, 0.717) is 18.5 Å². The Morgan fingerprint density at radius 2 is 1.82 bits per heavy atom. The Morgan fingerprint density at radius 3 is 2.27 bits per heavy atom. The van der Waals surface area contributed by atoms with E-state index >= 15 is 0 Å². The number of anilines is 1. The second kappa shape index (κ2) is 5.63. The smallest absolute Gasteiger partial charge is 0.309 e. The molecule has 1 aliphatic carbocycles. The van der Waals surface area contributed by atoms with Gasteiger partial charge in [-0.3, -0.25) is 9.59 Å². The number of amides is 1. The normalized spacial score (nSPS) is 26.5. The summed E-state index contributed by atoms with van der Waals surface area (Å²) in [5.74, 6) is -0.564. The van der Waals surface area contributed by atoms with Crippen LogP contribution in [0.1, 0.15) is 33.6 Å². The van der Waals surface area contributed by atoms with Crippen LogP contribution >= 0.6 is 0 Å². The number of carbonyl (C=O) groups excluding carboxylic acids is 1. The Morgan fingerprint density at radius 1 is 1.23 bits per heavy atom. The molecule has 0 heterocycles. The fourth-order valence-corrected chi connectivity index (χ4v) is 3.25. The Hall–Kier alpha value is -2.04. The van der Waals surface area contributed by atoms with Crippen LogP contribution in [0.15, 0.2) is 24.3 Å². The van der Waals surface area contributed by atoms with Crippen molar-refractivity contribution >= 4 is 17.6 Å². The van der Waals surface area contributed by atoms with Crippen molar-refractivity contribution in [2.75, 3.05) is 12.4 Å². The SMILES string of the molecule is COc1ccc(NC(=O)[C@@H]2CC[C@](C)(C(=O)O)C2(C)C)cc1. The third-order valence-corrected chi connectivity index (χ3v) is 5.37. The lowest BCUT2D eigenvalue weighted by Crippen LogP contribution is -2.43. The van der Waals surface area contributed by atoms with Gasteiger partial charge in [-0.05, 0) is 49.4 Å². The number of hydrogen-bond acceptors (Lipinski definition) is 3. The minimum absolute atomic E-state index is 0.125. The van der Waals surface area contributed by atoms with Crippen molar-refractivity contribution in [3.05, 3.63) is 24.3 Å². The molecule has 1 aliphatic rings. The summed E-state index contributed by atoms with van der Waals surface area (Å²) in [5, 5.41) is 12.4. The van der Waals surface area contributed by atoms with Crippen LogP contribution in [-0.2, 0) is 9.59 Å². The van der Waals surface area contributed by atoms with Crippen LogP contribution in [0.3, 0.4) is 0 Å². The van der Waals surface area contributed by atoms with E-state index in [9.17, 15) is 14.7 Å². The zero-order valence-electron chi connectivity index (χ0n) is 13.5. The lowest BCUT2D eigenvalue weighted by atomic mass is 9.65. The van der Waals surface area contributed by atoms with Gasteiger partial charge in [-0.1, -0.05) is 13.8 Å². The van der Waals surface area contributed by atoms with E-state index < -0.39 is 16.8 Å². The number of hydrogen-bond donors (Lipinski definition) is 2. The number of ether oxygens (including phenoxy) is 1. The molecule has 0 bridgehead atoms. The van der Waals surface area contributed by atoms with Gasteiger partial charge < -0.3 is 15.2 Å². The predicted molar refractivity (Wildman–Crippen MR) is 83.9 cm³/mol. The summed E-state index contributed by atoms with van der Waals surface area (Å²) < 4.78 is 5.08. The van der Waals surface area contributed by atoms with Crippen LogP contribution in [0.2, 0.25) is 0 Å². The number of carbonyl (C=O) groups is 2. The maximum Gasteiger partial charge on any atom is 0.309 e. The third kappa shape index (κ3) is 2.56. The van der Waals surface area contributed by atoms with Crippen molar-refractivity contribution in [3.63, 3.8) is 0 Å². The molecule has 0 unspecified atom stereocenters. The first-order valence-electron chi connectivity index (χ1n) is 7.40.